The standard InChI is InChI=1S/C58H34SSe/c1-2-16-35(17-3-1)53-38-19-4-8-23-42(38)55(43-24-9-5-20-39(43)53)46-27-14-30-51-57(46)58-47(28-15-31-52(58)60-51)56-44-25-10-6-21-40(44)54(41-22-7-11-26-45(41)56)36-32-33-50-48(34-36)37-18-12-13-29-49(37)59-50/h1-34H. The van der Waals surface area contributed by atoms with E-state index in [1.807, 2.05) is 11.3 Å². The fourth-order valence-electron chi connectivity index (χ4n) is 10.2. The van der Waals surface area contributed by atoms with Gasteiger partial charge in [-0.05, 0) is 6.07 Å². The Bertz CT molecular complexity index is 3770. The summed E-state index contributed by atoms with van der Waals surface area (Å²) < 4.78 is 5.56. The van der Waals surface area contributed by atoms with E-state index in [0.717, 1.165) is 0 Å². The summed E-state index contributed by atoms with van der Waals surface area (Å²) in [5.74, 6) is 0. The number of benzene rings is 11. The molecule has 0 aliphatic carbocycles. The summed E-state index contributed by atoms with van der Waals surface area (Å²) in [6.07, 6.45) is 0. The molecular weight excluding hydrogens is 808 g/mol. The van der Waals surface area contributed by atoms with Crippen molar-refractivity contribution in [3.63, 3.8) is 0 Å². The third-order valence-corrected chi connectivity index (χ3v) is 16.2. The molecule has 0 fully saturated rings. The quantitative estimate of drug-likeness (QED) is 0.122. The summed E-state index contributed by atoms with van der Waals surface area (Å²) in [5.41, 5.74) is 10.4. The van der Waals surface area contributed by atoms with E-state index < -0.39 is 0 Å². The summed E-state index contributed by atoms with van der Waals surface area (Å²) >= 11 is 2.04. The zero-order chi connectivity index (χ0) is 39.3. The van der Waals surface area contributed by atoms with Crippen molar-refractivity contribution in [3.8, 4) is 44.5 Å². The van der Waals surface area contributed by atoms with Crippen molar-refractivity contribution in [1.29, 1.82) is 0 Å². The topological polar surface area (TPSA) is 0 Å². The van der Waals surface area contributed by atoms with Gasteiger partial charge in [0.2, 0.25) is 0 Å². The second-order valence-corrected chi connectivity index (χ2v) is 19.2. The fraction of sp³-hybridized carbons (Fsp3) is 0. The molecule has 0 aliphatic rings. The first-order chi connectivity index (χ1) is 29.8. The first kappa shape index (κ1) is 34.1. The predicted octanol–water partition coefficient (Wildman–Crippen LogP) is 16.7. The molecular formula is C58H34SSe. The molecule has 2 aromatic heterocycles. The minimum atomic E-state index is 0.163. The molecule has 0 amide bonds. The van der Waals surface area contributed by atoms with Gasteiger partial charge in [-0.3, -0.25) is 0 Å². The second-order valence-electron chi connectivity index (χ2n) is 15.8. The molecule has 0 atom stereocenters. The van der Waals surface area contributed by atoms with Crippen molar-refractivity contribution < 1.29 is 0 Å². The summed E-state index contributed by atoms with van der Waals surface area (Å²) in [6, 6.07) is 77.4. The van der Waals surface area contributed by atoms with Crippen molar-refractivity contribution in [1.82, 2.24) is 0 Å². The van der Waals surface area contributed by atoms with Crippen LogP contribution < -0.4 is 0 Å². The monoisotopic (exact) mass is 842 g/mol. The second kappa shape index (κ2) is 13.4. The molecule has 2 heterocycles. The van der Waals surface area contributed by atoms with Crippen LogP contribution in [0.2, 0.25) is 0 Å². The van der Waals surface area contributed by atoms with E-state index >= 15 is 0 Å². The molecule has 0 saturated carbocycles. The van der Waals surface area contributed by atoms with E-state index in [1.54, 1.807) is 0 Å². The summed E-state index contributed by atoms with van der Waals surface area (Å²) in [6.45, 7) is 0. The molecule has 60 heavy (non-hydrogen) atoms. The fourth-order valence-corrected chi connectivity index (χ4v) is 13.7. The van der Waals surface area contributed by atoms with E-state index in [0.29, 0.717) is 0 Å². The Hall–Kier alpha value is -6.80. The van der Waals surface area contributed by atoms with Crippen molar-refractivity contribution >= 4 is 108 Å². The molecule has 0 spiro atoms. The predicted molar refractivity (Wildman–Crippen MR) is 263 cm³/mol. The van der Waals surface area contributed by atoms with Gasteiger partial charge < -0.3 is 0 Å². The number of fused-ring (bicyclic) bond motifs is 10. The molecule has 0 nitrogen and oxygen atoms in total. The molecule has 13 aromatic rings. The molecule has 13 rings (SSSR count). The van der Waals surface area contributed by atoms with Gasteiger partial charge in [-0.1, -0.05) is 12.1 Å². The van der Waals surface area contributed by atoms with Crippen LogP contribution in [-0.2, 0) is 0 Å². The average molecular weight is 842 g/mol. The Morgan fingerprint density at radius 3 is 1.17 bits per heavy atom. The molecule has 2 heteroatoms. The Morgan fingerprint density at radius 1 is 0.267 bits per heavy atom. The van der Waals surface area contributed by atoms with Gasteiger partial charge in [-0.25, -0.2) is 0 Å². The van der Waals surface area contributed by atoms with Crippen molar-refractivity contribution in [2.45, 2.75) is 0 Å². The van der Waals surface area contributed by atoms with Crippen LogP contribution in [0.15, 0.2) is 206 Å². The third kappa shape index (κ3) is 4.97. The Morgan fingerprint density at radius 2 is 0.667 bits per heavy atom. The van der Waals surface area contributed by atoms with E-state index in [4.69, 9.17) is 0 Å². The average Bonchev–Trinajstić information content (AvgIpc) is 3.89. The normalized spacial score (nSPS) is 12.0. The van der Waals surface area contributed by atoms with E-state index in [1.165, 1.54) is 127 Å². The van der Waals surface area contributed by atoms with Crippen molar-refractivity contribution in [3.05, 3.63) is 206 Å². The van der Waals surface area contributed by atoms with Crippen LogP contribution in [0.3, 0.4) is 0 Å². The minimum absolute atomic E-state index is 0.163. The van der Waals surface area contributed by atoms with Gasteiger partial charge in [-0.15, -0.1) is 0 Å². The van der Waals surface area contributed by atoms with Gasteiger partial charge >= 0.3 is 341 Å². The first-order valence-corrected chi connectivity index (χ1v) is 23.1. The summed E-state index contributed by atoms with van der Waals surface area (Å²) in [5, 5.41) is 15.7. The van der Waals surface area contributed by atoms with E-state index in [9.17, 15) is 0 Å². The van der Waals surface area contributed by atoms with E-state index in [-0.39, 0.29) is 14.5 Å². The van der Waals surface area contributed by atoms with E-state index in [2.05, 4.69) is 206 Å². The molecule has 11 aromatic carbocycles. The van der Waals surface area contributed by atoms with Gasteiger partial charge in [0.05, 0.1) is 0 Å². The van der Waals surface area contributed by atoms with Crippen LogP contribution in [0.1, 0.15) is 0 Å². The van der Waals surface area contributed by atoms with Gasteiger partial charge in [0, 0.05) is 0 Å². The molecule has 0 saturated heterocycles. The maximum absolute atomic E-state index is 2.44. The van der Waals surface area contributed by atoms with Gasteiger partial charge in [0.1, 0.15) is 0 Å². The number of hydrogen-bond donors (Lipinski definition) is 0. The number of rotatable bonds is 4. The van der Waals surface area contributed by atoms with Crippen molar-refractivity contribution in [2.75, 3.05) is 0 Å². The summed E-state index contributed by atoms with van der Waals surface area (Å²) in [4.78, 5) is 0. The molecule has 0 unspecified atom stereocenters. The molecule has 0 N–H and O–H groups in total. The SMILES string of the molecule is c1ccc(-c2c3ccccc3c(-c3cccc4[se]c5cccc(-c6c7ccccc7c(-c7ccc8sc9ccccc9c8c7)c7ccccc67)c5c34)c3ccccc23)cc1. The Labute approximate surface area is 357 Å². The van der Waals surface area contributed by atoms with Crippen LogP contribution in [0.5, 0.6) is 0 Å². The number of thiophene rings is 1. The Kier molecular flexibility index (Phi) is 7.59. The maximum atomic E-state index is 2.44. The van der Waals surface area contributed by atoms with Gasteiger partial charge in [-0.2, -0.15) is 0 Å². The third-order valence-electron chi connectivity index (χ3n) is 12.7. The zero-order valence-electron chi connectivity index (χ0n) is 32.4. The van der Waals surface area contributed by atoms with Crippen LogP contribution >= 0.6 is 11.3 Å². The van der Waals surface area contributed by atoms with Crippen LogP contribution in [0.4, 0.5) is 0 Å². The number of hydrogen-bond acceptors (Lipinski definition) is 1. The molecule has 0 bridgehead atoms. The van der Waals surface area contributed by atoms with Crippen molar-refractivity contribution in [2.24, 2.45) is 0 Å². The Balaban J connectivity index is 1.13. The van der Waals surface area contributed by atoms with Crippen LogP contribution in [-0.4, -0.2) is 14.5 Å². The first-order valence-electron chi connectivity index (χ1n) is 20.6. The van der Waals surface area contributed by atoms with Crippen LogP contribution in [0.25, 0.3) is 127 Å². The molecule has 0 radical (unpaired) electrons. The van der Waals surface area contributed by atoms with Crippen LogP contribution in [0, 0.1) is 0 Å². The van der Waals surface area contributed by atoms with Gasteiger partial charge in [0.15, 0.2) is 0 Å². The molecule has 278 valence electrons. The van der Waals surface area contributed by atoms with Gasteiger partial charge in [0.25, 0.3) is 0 Å². The zero-order valence-corrected chi connectivity index (χ0v) is 35.0. The molecule has 0 aliphatic heterocycles. The summed E-state index contributed by atoms with van der Waals surface area (Å²) in [7, 11) is 0.